The molecule has 1 aliphatic heterocycles. The Kier molecular flexibility index (Phi) is 3.62. The standard InChI is InChI=1S/C14H21NO/c1-11-8-9-15(10-14(11)16)12(2)13-6-4-3-5-7-13/h3-7,11-12,14,16H,8-10H2,1-2H3/t11-,12+,14-/m1/s1. The van der Waals surface area contributed by atoms with E-state index in [4.69, 9.17) is 0 Å². The van der Waals surface area contributed by atoms with Crippen LogP contribution in [0, 0.1) is 5.92 Å². The van der Waals surface area contributed by atoms with E-state index >= 15 is 0 Å². The van der Waals surface area contributed by atoms with E-state index in [1.54, 1.807) is 0 Å². The first-order chi connectivity index (χ1) is 7.68. The molecule has 1 N–H and O–H groups in total. The molecule has 0 aliphatic carbocycles. The molecule has 1 aromatic carbocycles. The summed E-state index contributed by atoms with van der Waals surface area (Å²) in [6, 6.07) is 10.9. The monoisotopic (exact) mass is 219 g/mol. The number of hydrogen-bond acceptors (Lipinski definition) is 2. The first-order valence-corrected chi connectivity index (χ1v) is 6.15. The molecular formula is C14H21NO. The lowest BCUT2D eigenvalue weighted by molar-refractivity contribution is 0.0129. The predicted octanol–water partition coefficient (Wildman–Crippen LogP) is 2.45. The molecule has 0 unspecified atom stereocenters. The highest BCUT2D eigenvalue weighted by Gasteiger charge is 2.27. The molecule has 88 valence electrons. The van der Waals surface area contributed by atoms with Gasteiger partial charge in [0.1, 0.15) is 0 Å². The Morgan fingerprint density at radius 2 is 2.00 bits per heavy atom. The van der Waals surface area contributed by atoms with Gasteiger partial charge < -0.3 is 5.11 Å². The Morgan fingerprint density at radius 1 is 1.31 bits per heavy atom. The molecule has 0 amide bonds. The molecule has 1 aliphatic rings. The van der Waals surface area contributed by atoms with E-state index in [9.17, 15) is 5.11 Å². The van der Waals surface area contributed by atoms with Crippen LogP contribution in [0.2, 0.25) is 0 Å². The van der Waals surface area contributed by atoms with Gasteiger partial charge >= 0.3 is 0 Å². The van der Waals surface area contributed by atoms with Gasteiger partial charge in [0.25, 0.3) is 0 Å². The molecule has 0 aromatic heterocycles. The van der Waals surface area contributed by atoms with Crippen molar-refractivity contribution < 1.29 is 5.11 Å². The zero-order valence-corrected chi connectivity index (χ0v) is 10.1. The van der Waals surface area contributed by atoms with Gasteiger partial charge in [-0.1, -0.05) is 37.3 Å². The molecule has 2 rings (SSSR count). The van der Waals surface area contributed by atoms with Gasteiger partial charge in [-0.15, -0.1) is 0 Å². The molecule has 0 saturated carbocycles. The number of hydrogen-bond donors (Lipinski definition) is 1. The molecule has 1 fully saturated rings. The van der Waals surface area contributed by atoms with Crippen LogP contribution in [0.15, 0.2) is 30.3 Å². The molecule has 0 bridgehead atoms. The molecule has 1 aromatic rings. The number of benzene rings is 1. The first-order valence-electron chi connectivity index (χ1n) is 6.15. The minimum absolute atomic E-state index is 0.167. The maximum atomic E-state index is 9.90. The Labute approximate surface area is 97.9 Å². The SMILES string of the molecule is C[C@@H]1CCN([C@@H](C)c2ccccc2)C[C@H]1O. The quantitative estimate of drug-likeness (QED) is 0.826. The van der Waals surface area contributed by atoms with Crippen LogP contribution in [-0.2, 0) is 0 Å². The number of rotatable bonds is 2. The van der Waals surface area contributed by atoms with E-state index in [-0.39, 0.29) is 6.10 Å². The molecule has 2 heteroatoms. The fraction of sp³-hybridized carbons (Fsp3) is 0.571. The molecular weight excluding hydrogens is 198 g/mol. The number of piperidine rings is 1. The zero-order chi connectivity index (χ0) is 11.5. The highest BCUT2D eigenvalue weighted by Crippen LogP contribution is 2.26. The largest absolute Gasteiger partial charge is 0.392 e. The fourth-order valence-corrected chi connectivity index (χ4v) is 2.37. The molecule has 0 spiro atoms. The van der Waals surface area contributed by atoms with Crippen molar-refractivity contribution in [2.24, 2.45) is 5.92 Å². The van der Waals surface area contributed by atoms with Crippen LogP contribution in [0.5, 0.6) is 0 Å². The second kappa shape index (κ2) is 4.98. The van der Waals surface area contributed by atoms with Gasteiger partial charge in [0.05, 0.1) is 6.10 Å². The third-order valence-corrected chi connectivity index (χ3v) is 3.78. The van der Waals surface area contributed by atoms with E-state index in [1.807, 2.05) is 6.07 Å². The number of aliphatic hydroxyl groups is 1. The van der Waals surface area contributed by atoms with Gasteiger partial charge in [-0.2, -0.15) is 0 Å². The smallest absolute Gasteiger partial charge is 0.0693 e. The molecule has 1 heterocycles. The average molecular weight is 219 g/mol. The second-order valence-electron chi connectivity index (χ2n) is 4.91. The Hall–Kier alpha value is -0.860. The van der Waals surface area contributed by atoms with E-state index < -0.39 is 0 Å². The van der Waals surface area contributed by atoms with Gasteiger partial charge in [0, 0.05) is 12.6 Å². The van der Waals surface area contributed by atoms with Crippen LogP contribution in [0.4, 0.5) is 0 Å². The van der Waals surface area contributed by atoms with Crippen LogP contribution < -0.4 is 0 Å². The summed E-state index contributed by atoms with van der Waals surface area (Å²) in [6.07, 6.45) is 0.929. The lowest BCUT2D eigenvalue weighted by Crippen LogP contribution is -2.43. The molecule has 2 nitrogen and oxygen atoms in total. The normalized spacial score (nSPS) is 28.9. The van der Waals surface area contributed by atoms with E-state index in [2.05, 4.69) is 43.0 Å². The molecule has 16 heavy (non-hydrogen) atoms. The van der Waals surface area contributed by atoms with Crippen LogP contribution in [-0.4, -0.2) is 29.2 Å². The Morgan fingerprint density at radius 3 is 2.62 bits per heavy atom. The Balaban J connectivity index is 2.03. The number of likely N-dealkylation sites (tertiary alicyclic amines) is 1. The predicted molar refractivity (Wildman–Crippen MR) is 66.2 cm³/mol. The van der Waals surface area contributed by atoms with Crippen LogP contribution in [0.3, 0.4) is 0 Å². The fourth-order valence-electron chi connectivity index (χ4n) is 2.37. The van der Waals surface area contributed by atoms with Gasteiger partial charge in [-0.25, -0.2) is 0 Å². The molecule has 0 radical (unpaired) electrons. The summed E-state index contributed by atoms with van der Waals surface area (Å²) in [6.45, 7) is 6.25. The number of aliphatic hydroxyl groups excluding tert-OH is 1. The van der Waals surface area contributed by atoms with Gasteiger partial charge in [-0.3, -0.25) is 4.90 Å². The summed E-state index contributed by atoms with van der Waals surface area (Å²) in [5.41, 5.74) is 1.34. The van der Waals surface area contributed by atoms with Crippen LogP contribution in [0.1, 0.15) is 31.9 Å². The second-order valence-corrected chi connectivity index (χ2v) is 4.91. The highest BCUT2D eigenvalue weighted by atomic mass is 16.3. The van der Waals surface area contributed by atoms with Gasteiger partial charge in [0.2, 0.25) is 0 Å². The number of β-amino-alcohol motifs (C(OH)–C–C–N with tert-alkyl or cyclic N) is 1. The van der Waals surface area contributed by atoms with Crippen molar-refractivity contribution in [2.75, 3.05) is 13.1 Å². The number of nitrogens with zero attached hydrogens (tertiary/aromatic N) is 1. The zero-order valence-electron chi connectivity index (χ0n) is 10.1. The van der Waals surface area contributed by atoms with E-state index in [1.165, 1.54) is 5.56 Å². The minimum atomic E-state index is -0.167. The Bertz CT molecular complexity index is 325. The van der Waals surface area contributed by atoms with Crippen molar-refractivity contribution in [3.05, 3.63) is 35.9 Å². The molecule has 3 atom stereocenters. The summed E-state index contributed by atoms with van der Waals surface area (Å²) in [5, 5.41) is 9.90. The highest BCUT2D eigenvalue weighted by molar-refractivity contribution is 5.18. The topological polar surface area (TPSA) is 23.5 Å². The average Bonchev–Trinajstić information content (AvgIpc) is 2.33. The maximum absolute atomic E-state index is 9.90. The van der Waals surface area contributed by atoms with E-state index in [0.29, 0.717) is 12.0 Å². The van der Waals surface area contributed by atoms with Gasteiger partial charge in [-0.05, 0) is 31.4 Å². The third kappa shape index (κ3) is 2.45. The lowest BCUT2D eigenvalue weighted by Gasteiger charge is -2.38. The van der Waals surface area contributed by atoms with Crippen molar-refractivity contribution in [3.63, 3.8) is 0 Å². The van der Waals surface area contributed by atoms with E-state index in [0.717, 1.165) is 19.5 Å². The van der Waals surface area contributed by atoms with Crippen LogP contribution >= 0.6 is 0 Å². The summed E-state index contributed by atoms with van der Waals surface area (Å²) in [4.78, 5) is 2.38. The minimum Gasteiger partial charge on any atom is -0.392 e. The third-order valence-electron chi connectivity index (χ3n) is 3.78. The van der Waals surface area contributed by atoms with Crippen molar-refractivity contribution in [1.82, 2.24) is 4.90 Å². The summed E-state index contributed by atoms with van der Waals surface area (Å²) in [5.74, 6) is 0.444. The van der Waals surface area contributed by atoms with Crippen molar-refractivity contribution in [3.8, 4) is 0 Å². The lowest BCUT2D eigenvalue weighted by atomic mass is 9.94. The first kappa shape index (κ1) is 11.6. The maximum Gasteiger partial charge on any atom is 0.0693 e. The van der Waals surface area contributed by atoms with Crippen molar-refractivity contribution in [1.29, 1.82) is 0 Å². The summed E-state index contributed by atoms with van der Waals surface area (Å²) >= 11 is 0. The van der Waals surface area contributed by atoms with Crippen LogP contribution in [0.25, 0.3) is 0 Å². The molecule has 1 saturated heterocycles. The summed E-state index contributed by atoms with van der Waals surface area (Å²) < 4.78 is 0. The summed E-state index contributed by atoms with van der Waals surface area (Å²) in [7, 11) is 0. The van der Waals surface area contributed by atoms with Crippen molar-refractivity contribution in [2.45, 2.75) is 32.4 Å². The van der Waals surface area contributed by atoms with Crippen molar-refractivity contribution >= 4 is 0 Å². The van der Waals surface area contributed by atoms with Gasteiger partial charge in [0.15, 0.2) is 0 Å².